The molecule has 0 aliphatic carbocycles. The van der Waals surface area contributed by atoms with Crippen LogP contribution in [0.25, 0.3) is 11.0 Å². The second kappa shape index (κ2) is 6.74. The van der Waals surface area contributed by atoms with E-state index in [9.17, 15) is 4.79 Å². The lowest BCUT2D eigenvalue weighted by Gasteiger charge is -2.24. The van der Waals surface area contributed by atoms with Gasteiger partial charge in [-0.3, -0.25) is 0 Å². The van der Waals surface area contributed by atoms with Crippen molar-refractivity contribution in [3.8, 4) is 5.88 Å². The van der Waals surface area contributed by atoms with Gasteiger partial charge in [0.15, 0.2) is 5.82 Å². The number of hydrogen-bond donors (Lipinski definition) is 1. The molecular weight excluding hydrogens is 320 g/mol. The summed E-state index contributed by atoms with van der Waals surface area (Å²) in [6, 6.07) is 7.51. The van der Waals surface area contributed by atoms with Gasteiger partial charge in [-0.1, -0.05) is 12.1 Å². The number of amides is 1. The van der Waals surface area contributed by atoms with E-state index in [1.807, 2.05) is 45.0 Å². The van der Waals surface area contributed by atoms with Gasteiger partial charge in [-0.25, -0.2) is 14.8 Å². The van der Waals surface area contributed by atoms with Crippen LogP contribution in [0.2, 0.25) is 0 Å². The van der Waals surface area contributed by atoms with Gasteiger partial charge in [-0.05, 0) is 39.3 Å². The lowest BCUT2D eigenvalue weighted by molar-refractivity contribution is 0.0284. The molecule has 0 unspecified atom stereocenters. The minimum Gasteiger partial charge on any atom is -0.475 e. The van der Waals surface area contributed by atoms with Crippen molar-refractivity contribution in [3.63, 3.8) is 0 Å². The van der Waals surface area contributed by atoms with Crippen LogP contribution in [0.1, 0.15) is 27.2 Å². The van der Waals surface area contributed by atoms with Gasteiger partial charge in [0.05, 0.1) is 17.6 Å². The molecule has 0 bridgehead atoms. The van der Waals surface area contributed by atoms with Crippen molar-refractivity contribution in [2.75, 3.05) is 25.4 Å². The summed E-state index contributed by atoms with van der Waals surface area (Å²) >= 11 is 0. The zero-order chi connectivity index (χ0) is 18.0. The Morgan fingerprint density at radius 1 is 1.28 bits per heavy atom. The molecular formula is C18H24N4O3. The Bertz CT molecular complexity index is 772. The third kappa shape index (κ3) is 4.29. The van der Waals surface area contributed by atoms with Gasteiger partial charge in [-0.15, -0.1) is 0 Å². The highest BCUT2D eigenvalue weighted by atomic mass is 16.6. The van der Waals surface area contributed by atoms with Crippen LogP contribution in [-0.4, -0.2) is 46.3 Å². The summed E-state index contributed by atoms with van der Waals surface area (Å²) in [5, 5.41) is 0. The Morgan fingerprint density at radius 2 is 1.96 bits per heavy atom. The molecule has 0 radical (unpaired) electrons. The number of nitrogen functional groups attached to an aromatic ring is 1. The number of rotatable bonds is 3. The Hall–Kier alpha value is -2.57. The second-order valence-corrected chi connectivity index (χ2v) is 7.29. The molecule has 1 fully saturated rings. The molecule has 7 nitrogen and oxygen atoms in total. The van der Waals surface area contributed by atoms with E-state index in [0.717, 1.165) is 17.5 Å². The highest BCUT2D eigenvalue weighted by molar-refractivity contribution is 5.76. The summed E-state index contributed by atoms with van der Waals surface area (Å²) < 4.78 is 11.2. The number of anilines is 1. The second-order valence-electron chi connectivity index (χ2n) is 7.29. The zero-order valence-corrected chi connectivity index (χ0v) is 14.9. The number of nitrogens with two attached hydrogens (primary N) is 1. The van der Waals surface area contributed by atoms with Crippen LogP contribution in [-0.2, 0) is 4.74 Å². The van der Waals surface area contributed by atoms with Crippen molar-refractivity contribution < 1.29 is 14.3 Å². The van der Waals surface area contributed by atoms with Crippen LogP contribution in [0, 0.1) is 5.92 Å². The van der Waals surface area contributed by atoms with Gasteiger partial charge in [0.2, 0.25) is 0 Å². The Labute approximate surface area is 147 Å². The number of nitrogens with zero attached hydrogens (tertiary/aromatic N) is 3. The summed E-state index contributed by atoms with van der Waals surface area (Å²) in [5.41, 5.74) is 6.93. The number of carbonyl (C=O) groups excluding carboxylic acids is 1. The van der Waals surface area contributed by atoms with Crippen LogP contribution in [0.3, 0.4) is 0 Å². The fourth-order valence-electron chi connectivity index (χ4n) is 2.76. The molecule has 0 spiro atoms. The maximum atomic E-state index is 12.1. The minimum atomic E-state index is -0.485. The number of para-hydroxylation sites is 2. The number of benzene rings is 1. The largest absolute Gasteiger partial charge is 0.475 e. The molecule has 1 amide bonds. The van der Waals surface area contributed by atoms with Gasteiger partial charge >= 0.3 is 6.09 Å². The molecule has 134 valence electrons. The third-order valence-corrected chi connectivity index (χ3v) is 3.96. The smallest absolute Gasteiger partial charge is 0.410 e. The van der Waals surface area contributed by atoms with Crippen LogP contribution in [0.15, 0.2) is 24.3 Å². The standard InChI is InChI=1S/C18H24N4O3/c1-18(2,3)25-17(23)22-9-8-12(10-22)11-24-16-15(19)20-13-6-4-5-7-14(13)21-16/h4-7,12H,8-11H2,1-3H3,(H2,19,20)/t12-/m0/s1. The van der Waals surface area contributed by atoms with Crippen LogP contribution in [0.5, 0.6) is 5.88 Å². The van der Waals surface area contributed by atoms with E-state index < -0.39 is 5.60 Å². The maximum Gasteiger partial charge on any atom is 0.410 e. The van der Waals surface area contributed by atoms with E-state index >= 15 is 0 Å². The van der Waals surface area contributed by atoms with E-state index in [2.05, 4.69) is 9.97 Å². The molecule has 2 aromatic rings. The number of fused-ring (bicyclic) bond motifs is 1. The quantitative estimate of drug-likeness (QED) is 0.921. The fraction of sp³-hybridized carbons (Fsp3) is 0.500. The molecule has 2 N–H and O–H groups in total. The molecule has 1 atom stereocenters. The van der Waals surface area contributed by atoms with E-state index in [-0.39, 0.29) is 17.8 Å². The molecule has 3 rings (SSSR count). The highest BCUT2D eigenvalue weighted by Crippen LogP contribution is 2.24. The normalized spacial score (nSPS) is 17.7. The number of ether oxygens (including phenoxy) is 2. The summed E-state index contributed by atoms with van der Waals surface area (Å²) in [6.07, 6.45) is 0.583. The van der Waals surface area contributed by atoms with E-state index in [4.69, 9.17) is 15.2 Å². The summed E-state index contributed by atoms with van der Waals surface area (Å²) in [4.78, 5) is 22.6. The predicted molar refractivity (Wildman–Crippen MR) is 95.4 cm³/mol. The monoisotopic (exact) mass is 344 g/mol. The first-order valence-electron chi connectivity index (χ1n) is 8.45. The summed E-state index contributed by atoms with van der Waals surface area (Å²) in [6.45, 7) is 7.31. The molecule has 1 aromatic heterocycles. The molecule has 1 saturated heterocycles. The Balaban J connectivity index is 1.58. The maximum absolute atomic E-state index is 12.1. The predicted octanol–water partition coefficient (Wildman–Crippen LogP) is 2.85. The lowest BCUT2D eigenvalue weighted by atomic mass is 10.1. The first-order valence-corrected chi connectivity index (χ1v) is 8.45. The first-order chi connectivity index (χ1) is 11.8. The van der Waals surface area contributed by atoms with E-state index in [1.165, 1.54) is 0 Å². The first kappa shape index (κ1) is 17.3. The fourth-order valence-corrected chi connectivity index (χ4v) is 2.76. The van der Waals surface area contributed by atoms with Crippen molar-refractivity contribution in [3.05, 3.63) is 24.3 Å². The number of aromatic nitrogens is 2. The molecule has 1 aromatic carbocycles. The molecule has 7 heteroatoms. The zero-order valence-electron chi connectivity index (χ0n) is 14.9. The Morgan fingerprint density at radius 3 is 2.64 bits per heavy atom. The Kier molecular flexibility index (Phi) is 4.65. The minimum absolute atomic E-state index is 0.222. The highest BCUT2D eigenvalue weighted by Gasteiger charge is 2.30. The third-order valence-electron chi connectivity index (χ3n) is 3.96. The summed E-state index contributed by atoms with van der Waals surface area (Å²) in [7, 11) is 0. The molecule has 2 heterocycles. The summed E-state index contributed by atoms with van der Waals surface area (Å²) in [5.74, 6) is 0.843. The van der Waals surface area contributed by atoms with Gasteiger partial charge in [-0.2, -0.15) is 0 Å². The van der Waals surface area contributed by atoms with E-state index in [0.29, 0.717) is 25.6 Å². The van der Waals surface area contributed by atoms with Crippen molar-refractivity contribution in [1.82, 2.24) is 14.9 Å². The van der Waals surface area contributed by atoms with Crippen molar-refractivity contribution in [1.29, 1.82) is 0 Å². The molecule has 1 aliphatic rings. The van der Waals surface area contributed by atoms with Gasteiger partial charge in [0.25, 0.3) is 5.88 Å². The van der Waals surface area contributed by atoms with Gasteiger partial charge in [0.1, 0.15) is 5.60 Å². The molecule has 0 saturated carbocycles. The number of carbonyl (C=O) groups is 1. The average molecular weight is 344 g/mol. The van der Waals surface area contributed by atoms with E-state index in [1.54, 1.807) is 4.90 Å². The number of likely N-dealkylation sites (tertiary alicyclic amines) is 1. The lowest BCUT2D eigenvalue weighted by Crippen LogP contribution is -2.35. The van der Waals surface area contributed by atoms with Crippen molar-refractivity contribution >= 4 is 22.9 Å². The van der Waals surface area contributed by atoms with Crippen molar-refractivity contribution in [2.24, 2.45) is 5.92 Å². The topological polar surface area (TPSA) is 90.6 Å². The van der Waals surface area contributed by atoms with Crippen LogP contribution in [0.4, 0.5) is 10.6 Å². The van der Waals surface area contributed by atoms with Gasteiger partial charge < -0.3 is 20.1 Å². The SMILES string of the molecule is CC(C)(C)OC(=O)N1CC[C@H](COc2nc3ccccc3nc2N)C1. The molecule has 1 aliphatic heterocycles. The van der Waals surface area contributed by atoms with Crippen LogP contribution < -0.4 is 10.5 Å². The van der Waals surface area contributed by atoms with Crippen LogP contribution >= 0.6 is 0 Å². The van der Waals surface area contributed by atoms with Gasteiger partial charge in [0, 0.05) is 19.0 Å². The average Bonchev–Trinajstić information content (AvgIpc) is 3.00. The number of hydrogen-bond acceptors (Lipinski definition) is 6. The van der Waals surface area contributed by atoms with Crippen molar-refractivity contribution in [2.45, 2.75) is 32.8 Å². The molecule has 25 heavy (non-hydrogen) atoms.